The van der Waals surface area contributed by atoms with E-state index in [9.17, 15) is 17.6 Å². The lowest BCUT2D eigenvalue weighted by Crippen LogP contribution is -2.57. The molecule has 1 fully saturated rings. The van der Waals surface area contributed by atoms with E-state index in [0.29, 0.717) is 38.9 Å². The Labute approximate surface area is 148 Å². The largest absolute Gasteiger partial charge is 0.344 e. The van der Waals surface area contributed by atoms with Crippen LogP contribution in [0.2, 0.25) is 0 Å². The minimum Gasteiger partial charge on any atom is -0.344 e. The molecular weight excluding hydrogens is 355 g/mol. The molecule has 1 N–H and O–H groups in total. The summed E-state index contributed by atoms with van der Waals surface area (Å²) in [6, 6.07) is 6.10. The molecule has 0 saturated carbocycles. The van der Waals surface area contributed by atoms with Gasteiger partial charge in [0.2, 0.25) is 5.91 Å². The van der Waals surface area contributed by atoms with E-state index in [2.05, 4.69) is 5.32 Å². The Bertz CT molecular complexity index is 658. The van der Waals surface area contributed by atoms with Crippen molar-refractivity contribution in [3.63, 3.8) is 0 Å². The Morgan fingerprint density at radius 3 is 2.29 bits per heavy atom. The van der Waals surface area contributed by atoms with Gasteiger partial charge in [0.25, 0.3) is 0 Å². The second kappa shape index (κ2) is 8.27. The molecule has 8 heteroatoms. The van der Waals surface area contributed by atoms with Crippen LogP contribution in [0.3, 0.4) is 0 Å². The topological polar surface area (TPSA) is 66.5 Å². The molecule has 0 aliphatic carbocycles. The van der Waals surface area contributed by atoms with Gasteiger partial charge in [0.1, 0.15) is 5.82 Å². The Balaban J connectivity index is 0.00000288. The quantitative estimate of drug-likeness (QED) is 0.841. The van der Waals surface area contributed by atoms with E-state index in [1.54, 1.807) is 19.2 Å². The van der Waals surface area contributed by atoms with Gasteiger partial charge in [-0.25, -0.2) is 12.8 Å². The van der Waals surface area contributed by atoms with Crippen LogP contribution in [-0.4, -0.2) is 56.9 Å². The highest BCUT2D eigenvalue weighted by atomic mass is 35.5. The van der Waals surface area contributed by atoms with Crippen molar-refractivity contribution in [3.8, 4) is 0 Å². The number of sulfone groups is 1. The van der Waals surface area contributed by atoms with Gasteiger partial charge in [-0.15, -0.1) is 12.4 Å². The van der Waals surface area contributed by atoms with Crippen molar-refractivity contribution in [2.75, 3.05) is 32.9 Å². The van der Waals surface area contributed by atoms with E-state index >= 15 is 0 Å². The van der Waals surface area contributed by atoms with E-state index in [1.165, 1.54) is 17.0 Å². The summed E-state index contributed by atoms with van der Waals surface area (Å²) in [4.78, 5) is 14.3. The molecule has 0 unspecified atom stereocenters. The fourth-order valence-electron chi connectivity index (χ4n) is 2.97. The van der Waals surface area contributed by atoms with Crippen molar-refractivity contribution in [1.82, 2.24) is 10.2 Å². The zero-order valence-corrected chi connectivity index (χ0v) is 15.6. The van der Waals surface area contributed by atoms with Crippen LogP contribution >= 0.6 is 12.4 Å². The van der Waals surface area contributed by atoms with E-state index in [1.807, 2.05) is 0 Å². The monoisotopic (exact) mass is 378 g/mol. The van der Waals surface area contributed by atoms with Gasteiger partial charge in [0.05, 0.1) is 0 Å². The van der Waals surface area contributed by atoms with Crippen LogP contribution in [0.1, 0.15) is 18.4 Å². The van der Waals surface area contributed by atoms with Crippen LogP contribution < -0.4 is 5.32 Å². The van der Waals surface area contributed by atoms with Crippen molar-refractivity contribution < 1.29 is 17.6 Å². The maximum Gasteiger partial charge on any atom is 0.243 e. The zero-order chi connectivity index (χ0) is 17.1. The molecule has 0 radical (unpaired) electrons. The molecule has 1 saturated heterocycles. The summed E-state index contributed by atoms with van der Waals surface area (Å²) in [5.74, 6) is -0.646. The fraction of sp³-hybridized carbons (Fsp3) is 0.562. The third kappa shape index (κ3) is 4.46. The number of piperidine rings is 1. The summed E-state index contributed by atoms with van der Waals surface area (Å²) in [6.45, 7) is 1.43. The van der Waals surface area contributed by atoms with Gasteiger partial charge >= 0.3 is 0 Å². The molecule has 1 aliphatic heterocycles. The minimum atomic E-state index is -3.50. The van der Waals surface area contributed by atoms with Crippen molar-refractivity contribution >= 4 is 28.2 Å². The SMILES string of the molecule is CN(CCc1ccc(F)cc1)C(=O)C1(S(C)(=O)=O)CCNCC1.Cl. The molecule has 24 heavy (non-hydrogen) atoms. The minimum absolute atomic E-state index is 0. The molecule has 1 aliphatic rings. The lowest BCUT2D eigenvalue weighted by molar-refractivity contribution is -0.133. The maximum atomic E-state index is 12.9. The van der Waals surface area contributed by atoms with Crippen LogP contribution in [-0.2, 0) is 21.1 Å². The summed E-state index contributed by atoms with van der Waals surface area (Å²) < 4.78 is 36.1. The highest BCUT2D eigenvalue weighted by Crippen LogP contribution is 2.29. The third-order valence-electron chi connectivity index (χ3n) is 4.51. The molecule has 0 bridgehead atoms. The first-order valence-corrected chi connectivity index (χ1v) is 9.56. The molecule has 0 spiro atoms. The first-order chi connectivity index (χ1) is 10.8. The smallest absolute Gasteiger partial charge is 0.243 e. The highest BCUT2D eigenvalue weighted by Gasteiger charge is 2.49. The molecule has 2 rings (SSSR count). The summed E-state index contributed by atoms with van der Waals surface area (Å²) in [7, 11) is -1.88. The number of hydrogen-bond acceptors (Lipinski definition) is 4. The number of halogens is 2. The standard InChI is InChI=1S/C16H23FN2O3S.ClH/c1-19(12-7-13-3-5-14(17)6-4-13)15(20)16(23(2,21)22)8-10-18-11-9-16;/h3-6,18H,7-12H2,1-2H3;1H. The molecular formula is C16H24ClFN2O3S. The van der Waals surface area contributed by atoms with Crippen molar-refractivity contribution in [3.05, 3.63) is 35.6 Å². The number of amides is 1. The zero-order valence-electron chi connectivity index (χ0n) is 13.9. The van der Waals surface area contributed by atoms with E-state index in [0.717, 1.165) is 11.8 Å². The molecule has 5 nitrogen and oxygen atoms in total. The van der Waals surface area contributed by atoms with Gasteiger partial charge in [-0.2, -0.15) is 0 Å². The first-order valence-electron chi connectivity index (χ1n) is 7.66. The summed E-state index contributed by atoms with van der Waals surface area (Å²) in [5, 5.41) is 3.10. The second-order valence-corrected chi connectivity index (χ2v) is 8.45. The van der Waals surface area contributed by atoms with Gasteiger partial charge in [-0.3, -0.25) is 4.79 Å². The molecule has 136 valence electrons. The van der Waals surface area contributed by atoms with Crippen LogP contribution in [0.4, 0.5) is 4.39 Å². The number of likely N-dealkylation sites (N-methyl/N-ethyl adjacent to an activating group) is 1. The average Bonchev–Trinajstić information content (AvgIpc) is 2.53. The molecule has 1 heterocycles. The van der Waals surface area contributed by atoms with Crippen LogP contribution in [0.25, 0.3) is 0 Å². The van der Waals surface area contributed by atoms with Crippen molar-refractivity contribution in [2.45, 2.75) is 24.0 Å². The van der Waals surface area contributed by atoms with Gasteiger partial charge in [0.15, 0.2) is 14.6 Å². The van der Waals surface area contributed by atoms with E-state index in [-0.39, 0.29) is 24.1 Å². The summed E-state index contributed by atoms with van der Waals surface area (Å²) >= 11 is 0. The Hall–Kier alpha value is -1.18. The van der Waals surface area contributed by atoms with Crippen LogP contribution in [0, 0.1) is 5.82 Å². The van der Waals surface area contributed by atoms with Crippen molar-refractivity contribution in [1.29, 1.82) is 0 Å². The van der Waals surface area contributed by atoms with Gasteiger partial charge < -0.3 is 10.2 Å². The summed E-state index contributed by atoms with van der Waals surface area (Å²) in [6.07, 6.45) is 2.29. The van der Waals surface area contributed by atoms with Gasteiger partial charge in [0, 0.05) is 19.8 Å². The van der Waals surface area contributed by atoms with Crippen molar-refractivity contribution in [2.24, 2.45) is 0 Å². The third-order valence-corrected chi connectivity index (χ3v) is 6.51. The highest BCUT2D eigenvalue weighted by molar-refractivity contribution is 7.92. The van der Waals surface area contributed by atoms with Crippen LogP contribution in [0.15, 0.2) is 24.3 Å². The molecule has 0 aromatic heterocycles. The number of nitrogens with zero attached hydrogens (tertiary/aromatic N) is 1. The Kier molecular flexibility index (Phi) is 7.19. The van der Waals surface area contributed by atoms with Crippen LogP contribution in [0.5, 0.6) is 0 Å². The normalized spacial score (nSPS) is 17.0. The second-order valence-electron chi connectivity index (χ2n) is 6.12. The number of nitrogens with one attached hydrogen (secondary N) is 1. The lowest BCUT2D eigenvalue weighted by Gasteiger charge is -2.37. The van der Waals surface area contributed by atoms with E-state index in [4.69, 9.17) is 0 Å². The van der Waals surface area contributed by atoms with E-state index < -0.39 is 14.6 Å². The predicted octanol–water partition coefficient (Wildman–Crippen LogP) is 1.42. The molecule has 1 amide bonds. The first kappa shape index (κ1) is 20.9. The number of rotatable bonds is 5. The fourth-order valence-corrected chi connectivity index (χ4v) is 4.39. The maximum absolute atomic E-state index is 12.9. The molecule has 1 aromatic rings. The van der Waals surface area contributed by atoms with Gasteiger partial charge in [-0.05, 0) is 50.0 Å². The number of carbonyl (C=O) groups is 1. The molecule has 1 aromatic carbocycles. The number of hydrogen-bond donors (Lipinski definition) is 1. The Morgan fingerprint density at radius 2 is 1.79 bits per heavy atom. The van der Waals surface area contributed by atoms with Gasteiger partial charge in [-0.1, -0.05) is 12.1 Å². The summed E-state index contributed by atoms with van der Waals surface area (Å²) in [5.41, 5.74) is 0.907. The lowest BCUT2D eigenvalue weighted by atomic mass is 9.95. The number of benzene rings is 1. The molecule has 0 atom stereocenters. The number of carbonyl (C=O) groups excluding carboxylic acids is 1. The Morgan fingerprint density at radius 1 is 1.25 bits per heavy atom. The average molecular weight is 379 g/mol. The predicted molar refractivity (Wildman–Crippen MR) is 94.7 cm³/mol.